The van der Waals surface area contributed by atoms with E-state index < -0.39 is 0 Å². The Balaban J connectivity index is 3.78. The molecule has 0 spiro atoms. The van der Waals surface area contributed by atoms with Gasteiger partial charge in [-0.3, -0.25) is 0 Å². The minimum absolute atomic E-state index is 0.0498. The SMILES string of the molecule is CCC[C@@H](O)C(C)(C)CO. The molecular formula is C8H18O2. The van der Waals surface area contributed by atoms with Gasteiger partial charge < -0.3 is 10.2 Å². The predicted molar refractivity (Wildman–Crippen MR) is 41.8 cm³/mol. The highest BCUT2D eigenvalue weighted by Gasteiger charge is 2.25. The van der Waals surface area contributed by atoms with E-state index in [9.17, 15) is 5.11 Å². The van der Waals surface area contributed by atoms with Crippen molar-refractivity contribution >= 4 is 0 Å². The number of aliphatic hydroxyl groups excluding tert-OH is 2. The maximum atomic E-state index is 9.42. The molecule has 0 aliphatic heterocycles. The van der Waals surface area contributed by atoms with Gasteiger partial charge in [0.1, 0.15) is 0 Å². The van der Waals surface area contributed by atoms with Gasteiger partial charge in [0.25, 0.3) is 0 Å². The van der Waals surface area contributed by atoms with E-state index in [-0.39, 0.29) is 18.1 Å². The maximum Gasteiger partial charge on any atom is 0.0612 e. The van der Waals surface area contributed by atoms with Gasteiger partial charge in [-0.2, -0.15) is 0 Å². The van der Waals surface area contributed by atoms with Crippen LogP contribution in [0.3, 0.4) is 0 Å². The van der Waals surface area contributed by atoms with Gasteiger partial charge in [-0.15, -0.1) is 0 Å². The Morgan fingerprint density at radius 1 is 1.40 bits per heavy atom. The molecule has 0 aliphatic rings. The summed E-state index contributed by atoms with van der Waals surface area (Å²) >= 11 is 0. The Hall–Kier alpha value is -0.0800. The Kier molecular flexibility index (Phi) is 3.91. The first-order chi connectivity index (χ1) is 4.54. The van der Waals surface area contributed by atoms with Gasteiger partial charge in [-0.1, -0.05) is 27.2 Å². The smallest absolute Gasteiger partial charge is 0.0612 e. The summed E-state index contributed by atoms with van der Waals surface area (Å²) < 4.78 is 0. The second-order valence-electron chi connectivity index (χ2n) is 3.45. The van der Waals surface area contributed by atoms with Gasteiger partial charge in [-0.25, -0.2) is 0 Å². The van der Waals surface area contributed by atoms with E-state index in [2.05, 4.69) is 0 Å². The van der Waals surface area contributed by atoms with Crippen LogP contribution >= 0.6 is 0 Å². The van der Waals surface area contributed by atoms with Crippen LogP contribution < -0.4 is 0 Å². The van der Waals surface area contributed by atoms with E-state index in [0.29, 0.717) is 0 Å². The van der Waals surface area contributed by atoms with E-state index in [4.69, 9.17) is 5.11 Å². The summed E-state index contributed by atoms with van der Waals surface area (Å²) in [5, 5.41) is 18.2. The average molecular weight is 146 g/mol. The molecule has 10 heavy (non-hydrogen) atoms. The molecule has 0 unspecified atom stereocenters. The van der Waals surface area contributed by atoms with Gasteiger partial charge in [-0.05, 0) is 6.42 Å². The Bertz CT molecular complexity index is 89.3. The highest BCUT2D eigenvalue weighted by Crippen LogP contribution is 2.22. The van der Waals surface area contributed by atoms with Crippen LogP contribution in [-0.2, 0) is 0 Å². The van der Waals surface area contributed by atoms with Crippen molar-refractivity contribution in [3.8, 4) is 0 Å². The maximum absolute atomic E-state index is 9.42. The quantitative estimate of drug-likeness (QED) is 0.625. The van der Waals surface area contributed by atoms with Crippen LogP contribution in [0, 0.1) is 5.41 Å². The molecule has 0 aliphatic carbocycles. The van der Waals surface area contributed by atoms with Crippen LogP contribution in [0.4, 0.5) is 0 Å². The lowest BCUT2D eigenvalue weighted by Gasteiger charge is -2.27. The second kappa shape index (κ2) is 3.94. The fourth-order valence-electron chi connectivity index (χ4n) is 0.770. The summed E-state index contributed by atoms with van der Waals surface area (Å²) in [7, 11) is 0. The first-order valence-corrected chi connectivity index (χ1v) is 3.83. The number of hydrogen-bond donors (Lipinski definition) is 2. The lowest BCUT2D eigenvalue weighted by molar-refractivity contribution is 0.00254. The molecule has 0 fully saturated rings. The van der Waals surface area contributed by atoms with Crippen molar-refractivity contribution in [1.29, 1.82) is 0 Å². The van der Waals surface area contributed by atoms with Crippen molar-refractivity contribution in [1.82, 2.24) is 0 Å². The van der Waals surface area contributed by atoms with Crippen LogP contribution in [-0.4, -0.2) is 22.9 Å². The van der Waals surface area contributed by atoms with Gasteiger partial charge in [0.05, 0.1) is 12.7 Å². The minimum Gasteiger partial charge on any atom is -0.396 e. The molecule has 1 atom stereocenters. The van der Waals surface area contributed by atoms with Crippen LogP contribution in [0.15, 0.2) is 0 Å². The molecule has 0 aromatic rings. The monoisotopic (exact) mass is 146 g/mol. The zero-order chi connectivity index (χ0) is 8.20. The summed E-state index contributed by atoms with van der Waals surface area (Å²) in [6, 6.07) is 0. The first kappa shape index (κ1) is 9.92. The highest BCUT2D eigenvalue weighted by atomic mass is 16.3. The summed E-state index contributed by atoms with van der Waals surface area (Å²) in [6.45, 7) is 5.81. The Labute approximate surface area is 62.9 Å². The zero-order valence-electron chi connectivity index (χ0n) is 7.09. The van der Waals surface area contributed by atoms with Crippen LogP contribution in [0.5, 0.6) is 0 Å². The van der Waals surface area contributed by atoms with Crippen LogP contribution in [0.25, 0.3) is 0 Å². The molecule has 0 saturated heterocycles. The molecule has 0 aromatic heterocycles. The highest BCUT2D eigenvalue weighted by molar-refractivity contribution is 4.75. The van der Waals surface area contributed by atoms with E-state index in [1.165, 1.54) is 0 Å². The van der Waals surface area contributed by atoms with E-state index in [0.717, 1.165) is 12.8 Å². The fourth-order valence-corrected chi connectivity index (χ4v) is 0.770. The fraction of sp³-hybridized carbons (Fsp3) is 1.00. The normalized spacial score (nSPS) is 15.3. The average Bonchev–Trinajstić information content (AvgIpc) is 1.89. The molecule has 0 rings (SSSR count). The molecule has 0 saturated carbocycles. The molecule has 2 heteroatoms. The summed E-state index contributed by atoms with van der Waals surface area (Å²) in [4.78, 5) is 0. The molecule has 0 radical (unpaired) electrons. The lowest BCUT2D eigenvalue weighted by Crippen LogP contribution is -2.32. The molecule has 2 nitrogen and oxygen atoms in total. The Morgan fingerprint density at radius 3 is 2.20 bits per heavy atom. The first-order valence-electron chi connectivity index (χ1n) is 3.83. The van der Waals surface area contributed by atoms with Crippen molar-refractivity contribution in [2.24, 2.45) is 5.41 Å². The van der Waals surface area contributed by atoms with E-state index in [1.54, 1.807) is 0 Å². The standard InChI is InChI=1S/C8H18O2/c1-4-5-7(10)8(2,3)6-9/h7,9-10H,4-6H2,1-3H3/t7-/m1/s1. The molecule has 0 heterocycles. The van der Waals surface area contributed by atoms with Crippen molar-refractivity contribution in [3.05, 3.63) is 0 Å². The molecule has 0 bridgehead atoms. The third kappa shape index (κ3) is 2.67. The second-order valence-corrected chi connectivity index (χ2v) is 3.45. The van der Waals surface area contributed by atoms with Crippen molar-refractivity contribution < 1.29 is 10.2 Å². The van der Waals surface area contributed by atoms with Crippen molar-refractivity contribution in [2.45, 2.75) is 39.7 Å². The van der Waals surface area contributed by atoms with E-state index >= 15 is 0 Å². The minimum atomic E-state index is -0.373. The third-order valence-corrected chi connectivity index (χ3v) is 1.87. The van der Waals surface area contributed by atoms with Gasteiger partial charge in [0.2, 0.25) is 0 Å². The molecule has 2 N–H and O–H groups in total. The third-order valence-electron chi connectivity index (χ3n) is 1.87. The zero-order valence-corrected chi connectivity index (χ0v) is 7.09. The lowest BCUT2D eigenvalue weighted by atomic mass is 9.85. The van der Waals surface area contributed by atoms with Gasteiger partial charge in [0, 0.05) is 5.41 Å². The number of aliphatic hydroxyl groups is 2. The van der Waals surface area contributed by atoms with Crippen molar-refractivity contribution in [2.75, 3.05) is 6.61 Å². The van der Waals surface area contributed by atoms with Crippen LogP contribution in [0.1, 0.15) is 33.6 Å². The number of rotatable bonds is 4. The van der Waals surface area contributed by atoms with Crippen LogP contribution in [0.2, 0.25) is 0 Å². The van der Waals surface area contributed by atoms with Gasteiger partial charge >= 0.3 is 0 Å². The van der Waals surface area contributed by atoms with Gasteiger partial charge in [0.15, 0.2) is 0 Å². The van der Waals surface area contributed by atoms with Crippen molar-refractivity contribution in [3.63, 3.8) is 0 Å². The molecular weight excluding hydrogens is 128 g/mol. The molecule has 0 aromatic carbocycles. The number of hydrogen-bond acceptors (Lipinski definition) is 2. The summed E-state index contributed by atoms with van der Waals surface area (Å²) in [5.74, 6) is 0. The largest absolute Gasteiger partial charge is 0.396 e. The molecule has 0 amide bonds. The van der Waals surface area contributed by atoms with E-state index in [1.807, 2.05) is 20.8 Å². The molecule has 62 valence electrons. The summed E-state index contributed by atoms with van der Waals surface area (Å²) in [5.41, 5.74) is -0.337. The topological polar surface area (TPSA) is 40.5 Å². The predicted octanol–water partition coefficient (Wildman–Crippen LogP) is 1.17. The Morgan fingerprint density at radius 2 is 1.90 bits per heavy atom. The summed E-state index contributed by atoms with van der Waals surface area (Å²) in [6.07, 6.45) is 1.36.